The molecule has 1 amide bonds. The quantitative estimate of drug-likeness (QED) is 0.765. The van der Waals surface area contributed by atoms with Crippen LogP contribution in [0.2, 0.25) is 0 Å². The SMILES string of the molecule is COC(=O)C(CNC(=O)C1CCC(N)C1)Cc1cccc(C)c1.Cl. The molecule has 0 heterocycles. The topological polar surface area (TPSA) is 81.4 Å². The van der Waals surface area contributed by atoms with Crippen LogP contribution >= 0.6 is 12.4 Å². The van der Waals surface area contributed by atoms with Crippen molar-refractivity contribution in [1.82, 2.24) is 5.32 Å². The number of carbonyl (C=O) groups excluding carboxylic acids is 2. The number of esters is 1. The molecule has 1 aromatic carbocycles. The molecule has 0 spiro atoms. The van der Waals surface area contributed by atoms with Gasteiger partial charge in [0.15, 0.2) is 0 Å². The van der Waals surface area contributed by atoms with Crippen molar-refractivity contribution in [3.05, 3.63) is 35.4 Å². The second-order valence-electron chi connectivity index (χ2n) is 6.43. The average Bonchev–Trinajstić information content (AvgIpc) is 2.97. The molecular weight excluding hydrogens is 328 g/mol. The standard InChI is InChI=1S/C18H26N2O3.ClH/c1-12-4-3-5-13(8-12)9-15(18(22)23-2)11-20-17(21)14-6-7-16(19)10-14;/h3-5,8,14-16H,6-7,9-11,19H2,1-2H3,(H,20,21);1H. The van der Waals surface area contributed by atoms with E-state index in [4.69, 9.17) is 10.5 Å². The van der Waals surface area contributed by atoms with Crippen molar-refractivity contribution in [2.75, 3.05) is 13.7 Å². The van der Waals surface area contributed by atoms with Crippen LogP contribution in [-0.2, 0) is 20.7 Å². The highest BCUT2D eigenvalue weighted by Gasteiger charge is 2.29. The van der Waals surface area contributed by atoms with Gasteiger partial charge in [-0.15, -0.1) is 12.4 Å². The number of amides is 1. The zero-order valence-electron chi connectivity index (χ0n) is 14.3. The van der Waals surface area contributed by atoms with Gasteiger partial charge in [-0.25, -0.2) is 0 Å². The van der Waals surface area contributed by atoms with Gasteiger partial charge in [0.25, 0.3) is 0 Å². The number of hydrogen-bond donors (Lipinski definition) is 2. The number of methoxy groups -OCH3 is 1. The van der Waals surface area contributed by atoms with Gasteiger partial charge in [0, 0.05) is 18.5 Å². The van der Waals surface area contributed by atoms with Crippen LogP contribution in [0, 0.1) is 18.8 Å². The summed E-state index contributed by atoms with van der Waals surface area (Å²) in [5.74, 6) is -0.700. The summed E-state index contributed by atoms with van der Waals surface area (Å²) in [5.41, 5.74) is 8.07. The molecule has 3 unspecified atom stereocenters. The summed E-state index contributed by atoms with van der Waals surface area (Å²) in [7, 11) is 1.38. The first-order chi connectivity index (χ1) is 11.0. The molecule has 1 aliphatic carbocycles. The lowest BCUT2D eigenvalue weighted by Gasteiger charge is -2.17. The predicted molar refractivity (Wildman–Crippen MR) is 96.0 cm³/mol. The Morgan fingerprint density at radius 1 is 1.38 bits per heavy atom. The first kappa shape index (κ1) is 20.5. The Bertz CT molecular complexity index is 565. The van der Waals surface area contributed by atoms with E-state index in [0.29, 0.717) is 13.0 Å². The predicted octanol–water partition coefficient (Wildman–Crippen LogP) is 1.99. The van der Waals surface area contributed by atoms with Gasteiger partial charge in [-0.2, -0.15) is 0 Å². The van der Waals surface area contributed by atoms with Crippen LogP contribution in [0.25, 0.3) is 0 Å². The Labute approximate surface area is 149 Å². The van der Waals surface area contributed by atoms with Gasteiger partial charge in [0.1, 0.15) is 0 Å². The van der Waals surface area contributed by atoms with Crippen LogP contribution in [0.4, 0.5) is 0 Å². The fourth-order valence-electron chi connectivity index (χ4n) is 3.15. The molecule has 1 fully saturated rings. The average molecular weight is 355 g/mol. The van der Waals surface area contributed by atoms with Gasteiger partial charge in [-0.1, -0.05) is 29.8 Å². The Morgan fingerprint density at radius 3 is 2.71 bits per heavy atom. The molecule has 0 saturated heterocycles. The summed E-state index contributed by atoms with van der Waals surface area (Å²) < 4.78 is 4.88. The number of nitrogens with one attached hydrogen (secondary N) is 1. The lowest BCUT2D eigenvalue weighted by molar-refractivity contribution is -0.145. The minimum Gasteiger partial charge on any atom is -0.469 e. The maximum Gasteiger partial charge on any atom is 0.310 e. The Hall–Kier alpha value is -1.59. The van der Waals surface area contributed by atoms with Gasteiger partial charge in [-0.05, 0) is 38.2 Å². The van der Waals surface area contributed by atoms with E-state index in [1.165, 1.54) is 7.11 Å². The number of carbonyl (C=O) groups is 2. The third kappa shape index (κ3) is 5.80. The molecule has 3 atom stereocenters. The second kappa shape index (κ2) is 9.64. The van der Waals surface area contributed by atoms with E-state index >= 15 is 0 Å². The lowest BCUT2D eigenvalue weighted by Crippen LogP contribution is -2.37. The summed E-state index contributed by atoms with van der Waals surface area (Å²) in [4.78, 5) is 24.2. The lowest BCUT2D eigenvalue weighted by atomic mass is 9.97. The van der Waals surface area contributed by atoms with Crippen molar-refractivity contribution < 1.29 is 14.3 Å². The van der Waals surface area contributed by atoms with Crippen LogP contribution in [0.1, 0.15) is 30.4 Å². The highest BCUT2D eigenvalue weighted by Crippen LogP contribution is 2.24. The summed E-state index contributed by atoms with van der Waals surface area (Å²) in [6, 6.07) is 8.14. The van der Waals surface area contributed by atoms with Crippen molar-refractivity contribution in [3.63, 3.8) is 0 Å². The zero-order chi connectivity index (χ0) is 16.8. The molecule has 0 bridgehead atoms. The molecule has 0 aliphatic heterocycles. The van der Waals surface area contributed by atoms with E-state index in [-0.39, 0.29) is 42.2 Å². The zero-order valence-corrected chi connectivity index (χ0v) is 15.1. The number of hydrogen-bond acceptors (Lipinski definition) is 4. The number of nitrogens with two attached hydrogens (primary N) is 1. The third-order valence-corrected chi connectivity index (χ3v) is 4.47. The first-order valence-corrected chi connectivity index (χ1v) is 8.16. The van der Waals surface area contributed by atoms with E-state index in [9.17, 15) is 9.59 Å². The molecule has 0 aromatic heterocycles. The Balaban J connectivity index is 0.00000288. The molecular formula is C18H27ClN2O3. The number of halogens is 1. The van der Waals surface area contributed by atoms with Gasteiger partial charge >= 0.3 is 5.97 Å². The number of benzene rings is 1. The van der Waals surface area contributed by atoms with Crippen LogP contribution in [0.5, 0.6) is 0 Å². The molecule has 2 rings (SSSR count). The Kier molecular flexibility index (Phi) is 8.22. The Morgan fingerprint density at radius 2 is 2.12 bits per heavy atom. The largest absolute Gasteiger partial charge is 0.469 e. The van der Waals surface area contributed by atoms with Crippen molar-refractivity contribution in [1.29, 1.82) is 0 Å². The molecule has 24 heavy (non-hydrogen) atoms. The summed E-state index contributed by atoms with van der Waals surface area (Å²) in [6.45, 7) is 2.31. The van der Waals surface area contributed by atoms with Gasteiger partial charge in [0.2, 0.25) is 5.91 Å². The van der Waals surface area contributed by atoms with E-state index in [2.05, 4.69) is 5.32 Å². The van der Waals surface area contributed by atoms with E-state index in [1.54, 1.807) is 0 Å². The summed E-state index contributed by atoms with van der Waals surface area (Å²) in [6.07, 6.45) is 3.00. The summed E-state index contributed by atoms with van der Waals surface area (Å²) >= 11 is 0. The molecule has 5 nitrogen and oxygen atoms in total. The number of aryl methyl sites for hydroxylation is 1. The normalized spacial score (nSPS) is 20.8. The first-order valence-electron chi connectivity index (χ1n) is 8.16. The molecule has 134 valence electrons. The number of rotatable bonds is 6. The van der Waals surface area contributed by atoms with Crippen LogP contribution in [0.3, 0.4) is 0 Å². The van der Waals surface area contributed by atoms with Crippen LogP contribution in [-0.4, -0.2) is 31.6 Å². The van der Waals surface area contributed by atoms with Gasteiger partial charge in [0.05, 0.1) is 13.0 Å². The molecule has 1 aliphatic rings. The highest BCUT2D eigenvalue weighted by molar-refractivity contribution is 5.85. The highest BCUT2D eigenvalue weighted by atomic mass is 35.5. The third-order valence-electron chi connectivity index (χ3n) is 4.47. The fourth-order valence-corrected chi connectivity index (χ4v) is 3.15. The monoisotopic (exact) mass is 354 g/mol. The van der Waals surface area contributed by atoms with Crippen molar-refractivity contribution in [2.24, 2.45) is 17.6 Å². The van der Waals surface area contributed by atoms with Crippen molar-refractivity contribution in [2.45, 2.75) is 38.6 Å². The smallest absolute Gasteiger partial charge is 0.310 e. The minimum atomic E-state index is -0.374. The van der Waals surface area contributed by atoms with E-state index < -0.39 is 0 Å². The molecule has 6 heteroatoms. The van der Waals surface area contributed by atoms with Gasteiger partial charge < -0.3 is 15.8 Å². The van der Waals surface area contributed by atoms with Gasteiger partial charge in [-0.3, -0.25) is 9.59 Å². The maximum atomic E-state index is 12.2. The van der Waals surface area contributed by atoms with Crippen molar-refractivity contribution in [3.8, 4) is 0 Å². The molecule has 1 aromatic rings. The fraction of sp³-hybridized carbons (Fsp3) is 0.556. The van der Waals surface area contributed by atoms with E-state index in [0.717, 1.165) is 30.4 Å². The molecule has 3 N–H and O–H groups in total. The summed E-state index contributed by atoms with van der Waals surface area (Å²) in [5, 5.41) is 2.90. The second-order valence-corrected chi connectivity index (χ2v) is 6.43. The van der Waals surface area contributed by atoms with Crippen molar-refractivity contribution >= 4 is 24.3 Å². The molecule has 0 radical (unpaired) electrons. The number of ether oxygens (including phenoxy) is 1. The maximum absolute atomic E-state index is 12.2. The minimum absolute atomic E-state index is 0. The molecule has 1 saturated carbocycles. The van der Waals surface area contributed by atoms with E-state index in [1.807, 2.05) is 31.2 Å². The van der Waals surface area contributed by atoms with Crippen LogP contribution in [0.15, 0.2) is 24.3 Å². The van der Waals surface area contributed by atoms with Crippen LogP contribution < -0.4 is 11.1 Å².